The summed E-state index contributed by atoms with van der Waals surface area (Å²) in [6, 6.07) is 3.55. The van der Waals surface area contributed by atoms with Gasteiger partial charge in [-0.3, -0.25) is 10.2 Å². The lowest BCUT2D eigenvalue weighted by molar-refractivity contribution is -0.145. The minimum absolute atomic E-state index is 0.0187. The molecule has 1 atom stereocenters. The largest absolute Gasteiger partial charge is 0.466 e. The van der Waals surface area contributed by atoms with Crippen molar-refractivity contribution in [1.82, 2.24) is 15.8 Å². The first kappa shape index (κ1) is 15.2. The fraction of sp³-hybridized carbons (Fsp3) is 0.500. The smallest absolute Gasteiger partial charge is 0.344 e. The molecular formula is C14H19N3O4. The Hall–Kier alpha value is -2.15. The molecule has 0 spiro atoms. The number of rotatable bonds is 5. The van der Waals surface area contributed by atoms with Crippen LogP contribution in [-0.2, 0) is 19.9 Å². The predicted octanol–water partition coefficient (Wildman–Crippen LogP) is 0.653. The Kier molecular flexibility index (Phi) is 4.74. The Morgan fingerprint density at radius 2 is 2.29 bits per heavy atom. The van der Waals surface area contributed by atoms with Gasteiger partial charge in [-0.1, -0.05) is 6.07 Å². The van der Waals surface area contributed by atoms with Crippen LogP contribution in [0.3, 0.4) is 0 Å². The molecule has 1 aromatic rings. The van der Waals surface area contributed by atoms with Gasteiger partial charge in [0.2, 0.25) is 11.8 Å². The van der Waals surface area contributed by atoms with E-state index in [-0.39, 0.29) is 18.1 Å². The highest BCUT2D eigenvalue weighted by molar-refractivity contribution is 5.76. The van der Waals surface area contributed by atoms with Gasteiger partial charge in [-0.05, 0) is 25.8 Å². The second-order valence-electron chi connectivity index (χ2n) is 4.98. The minimum atomic E-state index is -0.424. The molecule has 1 saturated heterocycles. The van der Waals surface area contributed by atoms with E-state index in [0.29, 0.717) is 25.3 Å². The van der Waals surface area contributed by atoms with Gasteiger partial charge in [0.15, 0.2) is 6.61 Å². The molecule has 2 rings (SSSR count). The monoisotopic (exact) mass is 293 g/mol. The van der Waals surface area contributed by atoms with E-state index in [1.54, 1.807) is 19.2 Å². The van der Waals surface area contributed by atoms with E-state index in [9.17, 15) is 9.59 Å². The van der Waals surface area contributed by atoms with Crippen molar-refractivity contribution in [3.63, 3.8) is 0 Å². The van der Waals surface area contributed by atoms with Crippen molar-refractivity contribution >= 4 is 11.9 Å². The summed E-state index contributed by atoms with van der Waals surface area (Å²) in [5.74, 6) is -0.0860. The number of amides is 1. The lowest BCUT2D eigenvalue weighted by atomic mass is 9.88. The minimum Gasteiger partial charge on any atom is -0.466 e. The van der Waals surface area contributed by atoms with Crippen LogP contribution < -0.4 is 15.6 Å². The third-order valence-electron chi connectivity index (χ3n) is 3.35. The van der Waals surface area contributed by atoms with Crippen molar-refractivity contribution in [2.45, 2.75) is 32.2 Å². The first-order chi connectivity index (χ1) is 10.0. The highest BCUT2D eigenvalue weighted by Crippen LogP contribution is 2.27. The molecule has 7 nitrogen and oxygen atoms in total. The zero-order valence-corrected chi connectivity index (χ0v) is 12.1. The second kappa shape index (κ2) is 6.53. The van der Waals surface area contributed by atoms with Crippen molar-refractivity contribution in [3.05, 3.63) is 23.9 Å². The zero-order valence-electron chi connectivity index (χ0n) is 12.1. The van der Waals surface area contributed by atoms with Crippen LogP contribution in [-0.4, -0.2) is 30.1 Å². The number of hydrazine groups is 1. The average molecular weight is 293 g/mol. The Balaban J connectivity index is 1.95. The van der Waals surface area contributed by atoms with E-state index in [0.717, 1.165) is 5.56 Å². The number of pyridine rings is 1. The van der Waals surface area contributed by atoms with Crippen LogP contribution in [0.25, 0.3) is 0 Å². The lowest BCUT2D eigenvalue weighted by Crippen LogP contribution is -2.54. The number of nitrogens with one attached hydrogen (secondary N) is 2. The maximum Gasteiger partial charge on any atom is 0.344 e. The van der Waals surface area contributed by atoms with Crippen molar-refractivity contribution in [1.29, 1.82) is 0 Å². The molecule has 1 aliphatic rings. The highest BCUT2D eigenvalue weighted by Gasteiger charge is 2.31. The summed E-state index contributed by atoms with van der Waals surface area (Å²) in [5, 5.41) is 0. The van der Waals surface area contributed by atoms with Crippen LogP contribution in [0.5, 0.6) is 5.88 Å². The third-order valence-corrected chi connectivity index (χ3v) is 3.35. The molecule has 1 amide bonds. The second-order valence-corrected chi connectivity index (χ2v) is 4.98. The van der Waals surface area contributed by atoms with Crippen LogP contribution in [0.4, 0.5) is 0 Å². The standard InChI is InChI=1S/C14H19N3O4/c1-3-20-13(19)9-21-12-5-4-10(8-15-12)14(2)7-6-11(18)16-17-14/h4-5,8,17H,3,6-7,9H2,1-2H3,(H,16,18). The molecule has 0 radical (unpaired) electrons. The Morgan fingerprint density at radius 3 is 2.86 bits per heavy atom. The van der Waals surface area contributed by atoms with Gasteiger partial charge in [0.05, 0.1) is 12.1 Å². The predicted molar refractivity (Wildman–Crippen MR) is 74.2 cm³/mol. The number of nitrogens with zero attached hydrogens (tertiary/aromatic N) is 1. The first-order valence-electron chi connectivity index (χ1n) is 6.84. The Bertz CT molecular complexity index is 505. The fourth-order valence-electron chi connectivity index (χ4n) is 2.04. The molecule has 0 bridgehead atoms. The van der Waals surface area contributed by atoms with E-state index in [2.05, 4.69) is 15.8 Å². The Labute approximate surface area is 123 Å². The summed E-state index contributed by atoms with van der Waals surface area (Å²) in [4.78, 5) is 26.5. The summed E-state index contributed by atoms with van der Waals surface area (Å²) in [6.07, 6.45) is 2.82. The molecule has 1 aliphatic heterocycles. The van der Waals surface area contributed by atoms with E-state index < -0.39 is 5.97 Å². The van der Waals surface area contributed by atoms with Gasteiger partial charge >= 0.3 is 5.97 Å². The molecule has 0 saturated carbocycles. The highest BCUT2D eigenvalue weighted by atomic mass is 16.6. The summed E-state index contributed by atoms with van der Waals surface area (Å²) < 4.78 is 10.0. The molecule has 0 aromatic carbocycles. The van der Waals surface area contributed by atoms with Gasteiger partial charge in [0.1, 0.15) is 0 Å². The first-order valence-corrected chi connectivity index (χ1v) is 6.84. The van der Waals surface area contributed by atoms with Crippen molar-refractivity contribution < 1.29 is 19.1 Å². The molecule has 7 heteroatoms. The fourth-order valence-corrected chi connectivity index (χ4v) is 2.04. The number of aromatic nitrogens is 1. The number of ether oxygens (including phenoxy) is 2. The van der Waals surface area contributed by atoms with Gasteiger partial charge in [0, 0.05) is 18.7 Å². The number of carbonyl (C=O) groups is 2. The molecule has 2 N–H and O–H groups in total. The quantitative estimate of drug-likeness (QED) is 0.775. The van der Waals surface area contributed by atoms with Crippen LogP contribution in [0.1, 0.15) is 32.3 Å². The van der Waals surface area contributed by atoms with Gasteiger partial charge in [-0.2, -0.15) is 0 Å². The maximum absolute atomic E-state index is 11.2. The van der Waals surface area contributed by atoms with Crippen molar-refractivity contribution in [2.75, 3.05) is 13.2 Å². The molecule has 1 aromatic heterocycles. The SMILES string of the molecule is CCOC(=O)COc1ccc(C2(C)CCC(=O)NN2)cn1. The number of hydrogen-bond donors (Lipinski definition) is 2. The van der Waals surface area contributed by atoms with Gasteiger partial charge < -0.3 is 9.47 Å². The number of carbonyl (C=O) groups excluding carboxylic acids is 2. The molecule has 2 heterocycles. The number of esters is 1. The summed E-state index contributed by atoms with van der Waals surface area (Å²) >= 11 is 0. The van der Waals surface area contributed by atoms with E-state index >= 15 is 0 Å². The van der Waals surface area contributed by atoms with Gasteiger partial charge in [-0.25, -0.2) is 15.2 Å². The normalized spacial score (nSPS) is 21.5. The molecule has 21 heavy (non-hydrogen) atoms. The summed E-state index contributed by atoms with van der Waals surface area (Å²) in [5.41, 5.74) is 6.20. The Morgan fingerprint density at radius 1 is 1.48 bits per heavy atom. The molecule has 114 valence electrons. The van der Waals surface area contributed by atoms with E-state index in [1.807, 2.05) is 13.0 Å². The van der Waals surface area contributed by atoms with Gasteiger partial charge in [0.25, 0.3) is 0 Å². The van der Waals surface area contributed by atoms with E-state index in [1.165, 1.54) is 0 Å². The van der Waals surface area contributed by atoms with Crippen molar-refractivity contribution in [3.8, 4) is 5.88 Å². The van der Waals surface area contributed by atoms with Crippen LogP contribution in [0, 0.1) is 0 Å². The van der Waals surface area contributed by atoms with Crippen LogP contribution in [0.15, 0.2) is 18.3 Å². The molecule has 1 unspecified atom stereocenters. The summed E-state index contributed by atoms with van der Waals surface area (Å²) in [7, 11) is 0. The average Bonchev–Trinajstić information content (AvgIpc) is 2.49. The molecular weight excluding hydrogens is 274 g/mol. The molecule has 0 aliphatic carbocycles. The van der Waals surface area contributed by atoms with Crippen molar-refractivity contribution in [2.24, 2.45) is 0 Å². The summed E-state index contributed by atoms with van der Waals surface area (Å²) in [6.45, 7) is 3.89. The van der Waals surface area contributed by atoms with E-state index in [4.69, 9.17) is 9.47 Å². The molecule has 1 fully saturated rings. The van der Waals surface area contributed by atoms with Gasteiger partial charge in [-0.15, -0.1) is 0 Å². The maximum atomic E-state index is 11.2. The third kappa shape index (κ3) is 3.91. The zero-order chi connectivity index (χ0) is 15.3. The van der Waals surface area contributed by atoms with Crippen LogP contribution >= 0.6 is 0 Å². The topological polar surface area (TPSA) is 89.5 Å². The van der Waals surface area contributed by atoms with Crippen LogP contribution in [0.2, 0.25) is 0 Å². The number of hydrogen-bond acceptors (Lipinski definition) is 6. The lowest BCUT2D eigenvalue weighted by Gasteiger charge is -2.34.